The predicted octanol–water partition coefficient (Wildman–Crippen LogP) is 3.29. The van der Waals surface area contributed by atoms with E-state index in [2.05, 4.69) is 16.8 Å². The van der Waals surface area contributed by atoms with Gasteiger partial charge in [0.15, 0.2) is 0 Å². The first-order valence-corrected chi connectivity index (χ1v) is 5.20. The minimum Gasteiger partial charge on any atom is -0.350 e. The summed E-state index contributed by atoms with van der Waals surface area (Å²) in [6, 6.07) is 8.02. The standard InChI is InChI=1S/C12H11ClN2/c1-15-8-9(3-2-6-14)11-7-10(13)4-5-12(11)15/h4-5,7-8H,2-3H2,1H3. The first kappa shape index (κ1) is 10.1. The van der Waals surface area contributed by atoms with Crippen molar-refractivity contribution in [2.45, 2.75) is 12.8 Å². The maximum Gasteiger partial charge on any atom is 0.0625 e. The average Bonchev–Trinajstić information content (AvgIpc) is 2.52. The van der Waals surface area contributed by atoms with E-state index in [1.165, 1.54) is 5.56 Å². The number of aryl methyl sites for hydroxylation is 2. The van der Waals surface area contributed by atoms with Gasteiger partial charge in [-0.05, 0) is 30.2 Å². The van der Waals surface area contributed by atoms with Crippen molar-refractivity contribution in [2.24, 2.45) is 7.05 Å². The molecule has 1 aromatic heterocycles. The van der Waals surface area contributed by atoms with E-state index in [0.717, 1.165) is 22.3 Å². The number of halogens is 1. The number of aromatic nitrogens is 1. The topological polar surface area (TPSA) is 28.7 Å². The molecule has 76 valence electrons. The second-order valence-electron chi connectivity index (χ2n) is 3.58. The zero-order chi connectivity index (χ0) is 10.8. The quantitative estimate of drug-likeness (QED) is 0.761. The second kappa shape index (κ2) is 3.96. The number of fused-ring (bicyclic) bond motifs is 1. The molecule has 0 aliphatic rings. The van der Waals surface area contributed by atoms with Gasteiger partial charge in [0.1, 0.15) is 0 Å². The van der Waals surface area contributed by atoms with Crippen LogP contribution in [0.4, 0.5) is 0 Å². The third kappa shape index (κ3) is 1.84. The van der Waals surface area contributed by atoms with E-state index in [-0.39, 0.29) is 0 Å². The van der Waals surface area contributed by atoms with Crippen molar-refractivity contribution in [1.82, 2.24) is 4.57 Å². The Hall–Kier alpha value is -1.46. The molecule has 1 aromatic carbocycles. The molecule has 0 unspecified atom stereocenters. The van der Waals surface area contributed by atoms with Crippen LogP contribution in [0.1, 0.15) is 12.0 Å². The highest BCUT2D eigenvalue weighted by molar-refractivity contribution is 6.31. The van der Waals surface area contributed by atoms with E-state index in [1.54, 1.807) is 0 Å². The number of rotatable bonds is 2. The molecule has 0 aliphatic carbocycles. The smallest absolute Gasteiger partial charge is 0.0625 e. The molecule has 0 aliphatic heterocycles. The molecule has 15 heavy (non-hydrogen) atoms. The lowest BCUT2D eigenvalue weighted by atomic mass is 10.1. The van der Waals surface area contributed by atoms with Crippen molar-refractivity contribution in [1.29, 1.82) is 5.26 Å². The zero-order valence-electron chi connectivity index (χ0n) is 8.50. The lowest BCUT2D eigenvalue weighted by Gasteiger charge is -1.96. The molecule has 0 atom stereocenters. The van der Waals surface area contributed by atoms with E-state index in [4.69, 9.17) is 16.9 Å². The minimum absolute atomic E-state index is 0.547. The predicted molar refractivity (Wildman–Crippen MR) is 61.9 cm³/mol. The molecule has 2 rings (SSSR count). The van der Waals surface area contributed by atoms with E-state index >= 15 is 0 Å². The summed E-state index contributed by atoms with van der Waals surface area (Å²) in [5, 5.41) is 10.5. The highest BCUT2D eigenvalue weighted by atomic mass is 35.5. The highest BCUT2D eigenvalue weighted by Gasteiger charge is 2.06. The Kier molecular flexibility index (Phi) is 2.66. The molecular formula is C12H11ClN2. The summed E-state index contributed by atoms with van der Waals surface area (Å²) < 4.78 is 2.07. The van der Waals surface area contributed by atoms with Gasteiger partial charge in [0.05, 0.1) is 6.07 Å². The minimum atomic E-state index is 0.547. The van der Waals surface area contributed by atoms with Gasteiger partial charge in [-0.25, -0.2) is 0 Å². The van der Waals surface area contributed by atoms with Crippen LogP contribution in [0.3, 0.4) is 0 Å². The highest BCUT2D eigenvalue weighted by Crippen LogP contribution is 2.25. The fourth-order valence-electron chi connectivity index (χ4n) is 1.84. The number of hydrogen-bond donors (Lipinski definition) is 0. The Labute approximate surface area is 93.7 Å². The number of nitriles is 1. The average molecular weight is 219 g/mol. The first-order chi connectivity index (χ1) is 7.22. The van der Waals surface area contributed by atoms with Crippen molar-refractivity contribution < 1.29 is 0 Å². The number of hydrogen-bond acceptors (Lipinski definition) is 1. The van der Waals surface area contributed by atoms with E-state index in [1.807, 2.05) is 25.2 Å². The summed E-state index contributed by atoms with van der Waals surface area (Å²) in [5.74, 6) is 0. The molecular weight excluding hydrogens is 208 g/mol. The van der Waals surface area contributed by atoms with Crippen LogP contribution in [0.25, 0.3) is 10.9 Å². The molecule has 3 heteroatoms. The van der Waals surface area contributed by atoms with Gasteiger partial charge < -0.3 is 4.57 Å². The van der Waals surface area contributed by atoms with E-state index in [0.29, 0.717) is 6.42 Å². The fourth-order valence-corrected chi connectivity index (χ4v) is 2.01. The van der Waals surface area contributed by atoms with Crippen LogP contribution in [-0.4, -0.2) is 4.57 Å². The number of nitrogens with zero attached hydrogens (tertiary/aromatic N) is 2. The van der Waals surface area contributed by atoms with Crippen LogP contribution in [0.5, 0.6) is 0 Å². The Bertz CT molecular complexity index is 534. The second-order valence-corrected chi connectivity index (χ2v) is 4.02. The molecule has 2 aromatic rings. The summed E-state index contributed by atoms with van der Waals surface area (Å²) in [6.45, 7) is 0. The van der Waals surface area contributed by atoms with Gasteiger partial charge in [0.25, 0.3) is 0 Å². The summed E-state index contributed by atoms with van der Waals surface area (Å²) in [7, 11) is 2.01. The zero-order valence-corrected chi connectivity index (χ0v) is 9.25. The molecule has 1 heterocycles. The van der Waals surface area contributed by atoms with Crippen LogP contribution in [-0.2, 0) is 13.5 Å². The van der Waals surface area contributed by atoms with Gasteiger partial charge in [-0.2, -0.15) is 5.26 Å². The molecule has 0 bridgehead atoms. The Morgan fingerprint density at radius 3 is 3.00 bits per heavy atom. The summed E-state index contributed by atoms with van der Waals surface area (Å²) in [5.41, 5.74) is 2.35. The van der Waals surface area contributed by atoms with Crippen LogP contribution < -0.4 is 0 Å². The molecule has 0 N–H and O–H groups in total. The summed E-state index contributed by atoms with van der Waals surface area (Å²) >= 11 is 5.96. The molecule has 2 nitrogen and oxygen atoms in total. The van der Waals surface area contributed by atoms with E-state index in [9.17, 15) is 0 Å². The van der Waals surface area contributed by atoms with Gasteiger partial charge in [0, 0.05) is 35.6 Å². The maximum absolute atomic E-state index is 8.58. The SMILES string of the molecule is Cn1cc(CCC#N)c2cc(Cl)ccc21. The van der Waals surface area contributed by atoms with Crippen molar-refractivity contribution >= 4 is 22.5 Å². The number of benzene rings is 1. The third-order valence-corrected chi connectivity index (χ3v) is 2.78. The first-order valence-electron chi connectivity index (χ1n) is 4.83. The maximum atomic E-state index is 8.58. The van der Waals surface area contributed by atoms with Gasteiger partial charge in [-0.15, -0.1) is 0 Å². The van der Waals surface area contributed by atoms with Crippen LogP contribution in [0, 0.1) is 11.3 Å². The third-order valence-electron chi connectivity index (χ3n) is 2.54. The Morgan fingerprint density at radius 2 is 2.27 bits per heavy atom. The van der Waals surface area contributed by atoms with Crippen LogP contribution >= 0.6 is 11.6 Å². The van der Waals surface area contributed by atoms with E-state index < -0.39 is 0 Å². The van der Waals surface area contributed by atoms with Crippen LogP contribution in [0.15, 0.2) is 24.4 Å². The largest absolute Gasteiger partial charge is 0.350 e. The molecule has 0 spiro atoms. The summed E-state index contributed by atoms with van der Waals surface area (Å²) in [4.78, 5) is 0. The lowest BCUT2D eigenvalue weighted by molar-refractivity contribution is 0.940. The van der Waals surface area contributed by atoms with Crippen molar-refractivity contribution in [2.75, 3.05) is 0 Å². The fraction of sp³-hybridized carbons (Fsp3) is 0.250. The van der Waals surface area contributed by atoms with Crippen molar-refractivity contribution in [3.63, 3.8) is 0 Å². The molecule has 0 amide bonds. The molecule has 0 saturated carbocycles. The lowest BCUT2D eigenvalue weighted by Crippen LogP contribution is -1.82. The normalized spacial score (nSPS) is 10.5. The molecule has 0 fully saturated rings. The van der Waals surface area contributed by atoms with Gasteiger partial charge in [0.2, 0.25) is 0 Å². The van der Waals surface area contributed by atoms with Gasteiger partial charge >= 0.3 is 0 Å². The molecule has 0 saturated heterocycles. The van der Waals surface area contributed by atoms with Crippen LogP contribution in [0.2, 0.25) is 5.02 Å². The van der Waals surface area contributed by atoms with Crippen molar-refractivity contribution in [3.8, 4) is 6.07 Å². The van der Waals surface area contributed by atoms with Gasteiger partial charge in [-0.1, -0.05) is 11.6 Å². The Balaban J connectivity index is 2.55. The molecule has 0 radical (unpaired) electrons. The Morgan fingerprint density at radius 1 is 1.47 bits per heavy atom. The van der Waals surface area contributed by atoms with Crippen molar-refractivity contribution in [3.05, 3.63) is 35.0 Å². The monoisotopic (exact) mass is 218 g/mol. The summed E-state index contributed by atoms with van der Waals surface area (Å²) in [6.07, 6.45) is 3.40. The van der Waals surface area contributed by atoms with Gasteiger partial charge in [-0.3, -0.25) is 0 Å².